The van der Waals surface area contributed by atoms with E-state index in [9.17, 15) is 9.59 Å². The zero-order valence-corrected chi connectivity index (χ0v) is 10.0. The molecule has 1 rings (SSSR count). The van der Waals surface area contributed by atoms with Crippen molar-refractivity contribution < 1.29 is 14.7 Å². The summed E-state index contributed by atoms with van der Waals surface area (Å²) in [6.45, 7) is 5.54. The zero-order valence-electron chi connectivity index (χ0n) is 10.0. The van der Waals surface area contributed by atoms with Gasteiger partial charge in [-0.3, -0.25) is 4.79 Å². The van der Waals surface area contributed by atoms with Gasteiger partial charge >= 0.3 is 5.97 Å². The molecule has 0 amide bonds. The van der Waals surface area contributed by atoms with Crippen LogP contribution in [0.4, 0.5) is 0 Å². The molecule has 1 aliphatic carbocycles. The van der Waals surface area contributed by atoms with Crippen LogP contribution in [0.1, 0.15) is 59.3 Å². The van der Waals surface area contributed by atoms with E-state index in [0.29, 0.717) is 6.42 Å². The van der Waals surface area contributed by atoms with Crippen molar-refractivity contribution in [2.24, 2.45) is 5.41 Å². The molecule has 0 radical (unpaired) electrons. The molecule has 0 unspecified atom stereocenters. The molecule has 1 N–H and O–H groups in total. The number of carbonyl (C=O) groups excluding carboxylic acids is 1. The Balaban J connectivity index is 0.000000921. The lowest BCUT2D eigenvalue weighted by Crippen LogP contribution is -2.23. The minimum atomic E-state index is -0.775. The van der Waals surface area contributed by atoms with Crippen molar-refractivity contribution in [3.63, 3.8) is 0 Å². The third-order valence-electron chi connectivity index (χ3n) is 2.81. The molecular weight excluding hydrogens is 192 g/mol. The maximum absolute atomic E-state index is 11.0. The van der Waals surface area contributed by atoms with Gasteiger partial charge in [0.2, 0.25) is 0 Å². The van der Waals surface area contributed by atoms with Crippen molar-refractivity contribution in [3.05, 3.63) is 0 Å². The van der Waals surface area contributed by atoms with E-state index >= 15 is 0 Å². The van der Waals surface area contributed by atoms with Gasteiger partial charge in [0.1, 0.15) is 5.78 Å². The van der Waals surface area contributed by atoms with E-state index in [0.717, 1.165) is 25.7 Å². The summed E-state index contributed by atoms with van der Waals surface area (Å²) in [5.74, 6) is -0.661. The molecule has 1 saturated carbocycles. The number of rotatable bonds is 4. The van der Waals surface area contributed by atoms with E-state index in [1.807, 2.05) is 13.8 Å². The van der Waals surface area contributed by atoms with Gasteiger partial charge in [-0.2, -0.15) is 0 Å². The monoisotopic (exact) mass is 214 g/mol. The van der Waals surface area contributed by atoms with E-state index < -0.39 is 5.97 Å². The SMILES string of the molecule is CC.CC(=O)CC1(CC(=O)O)CCCC1. The van der Waals surface area contributed by atoms with Gasteiger partial charge in [-0.15, -0.1) is 0 Å². The Morgan fingerprint density at radius 1 is 1.13 bits per heavy atom. The van der Waals surface area contributed by atoms with Crippen LogP contribution in [0.3, 0.4) is 0 Å². The Hall–Kier alpha value is -0.860. The highest BCUT2D eigenvalue weighted by Gasteiger charge is 2.36. The maximum Gasteiger partial charge on any atom is 0.303 e. The van der Waals surface area contributed by atoms with Crippen LogP contribution in [0, 0.1) is 5.41 Å². The van der Waals surface area contributed by atoms with Gasteiger partial charge in [0, 0.05) is 6.42 Å². The number of hydrogen-bond acceptors (Lipinski definition) is 2. The van der Waals surface area contributed by atoms with Gasteiger partial charge in [-0.1, -0.05) is 26.7 Å². The molecule has 1 fully saturated rings. The quantitative estimate of drug-likeness (QED) is 0.782. The van der Waals surface area contributed by atoms with Crippen molar-refractivity contribution in [2.75, 3.05) is 0 Å². The molecule has 0 spiro atoms. The van der Waals surface area contributed by atoms with E-state index in [1.165, 1.54) is 0 Å². The van der Waals surface area contributed by atoms with Crippen LogP contribution in [0.25, 0.3) is 0 Å². The summed E-state index contributed by atoms with van der Waals surface area (Å²) >= 11 is 0. The summed E-state index contributed by atoms with van der Waals surface area (Å²) in [7, 11) is 0. The molecule has 0 saturated heterocycles. The summed E-state index contributed by atoms with van der Waals surface area (Å²) in [4.78, 5) is 21.6. The fraction of sp³-hybridized carbons (Fsp3) is 0.833. The average Bonchev–Trinajstić information content (AvgIpc) is 2.54. The predicted molar refractivity (Wildman–Crippen MR) is 59.8 cm³/mol. The normalized spacial score (nSPS) is 17.8. The summed E-state index contributed by atoms with van der Waals surface area (Å²) in [6.07, 6.45) is 4.55. The smallest absolute Gasteiger partial charge is 0.303 e. The minimum Gasteiger partial charge on any atom is -0.481 e. The molecule has 88 valence electrons. The first-order valence-corrected chi connectivity index (χ1v) is 5.75. The second-order valence-corrected chi connectivity index (χ2v) is 4.16. The Labute approximate surface area is 91.9 Å². The van der Waals surface area contributed by atoms with Gasteiger partial charge in [0.15, 0.2) is 0 Å². The van der Waals surface area contributed by atoms with Gasteiger partial charge in [-0.05, 0) is 25.2 Å². The highest BCUT2D eigenvalue weighted by atomic mass is 16.4. The number of Topliss-reactive ketones (excluding diaryl/α,β-unsaturated/α-hetero) is 1. The van der Waals surface area contributed by atoms with Gasteiger partial charge in [-0.25, -0.2) is 0 Å². The molecule has 0 aromatic rings. The van der Waals surface area contributed by atoms with Crippen LogP contribution in [0.15, 0.2) is 0 Å². The average molecular weight is 214 g/mol. The highest BCUT2D eigenvalue weighted by Crippen LogP contribution is 2.44. The van der Waals surface area contributed by atoms with Crippen molar-refractivity contribution in [3.8, 4) is 0 Å². The lowest BCUT2D eigenvalue weighted by Gasteiger charge is -2.25. The molecule has 0 aromatic heterocycles. The van der Waals surface area contributed by atoms with Crippen LogP contribution in [0.2, 0.25) is 0 Å². The van der Waals surface area contributed by atoms with Crippen molar-refractivity contribution in [1.29, 1.82) is 0 Å². The largest absolute Gasteiger partial charge is 0.481 e. The molecule has 0 aromatic carbocycles. The number of carbonyl (C=O) groups is 2. The summed E-state index contributed by atoms with van der Waals surface area (Å²) in [5.41, 5.74) is -0.211. The Morgan fingerprint density at radius 3 is 1.93 bits per heavy atom. The standard InChI is InChI=1S/C10H16O3.C2H6/c1-8(11)6-10(7-9(12)13)4-2-3-5-10;1-2/h2-7H2,1H3,(H,12,13);1-2H3. The van der Waals surface area contributed by atoms with Crippen LogP contribution < -0.4 is 0 Å². The fourth-order valence-electron chi connectivity index (χ4n) is 2.39. The van der Waals surface area contributed by atoms with Crippen molar-refractivity contribution >= 4 is 11.8 Å². The topological polar surface area (TPSA) is 54.4 Å². The first-order valence-electron chi connectivity index (χ1n) is 5.75. The van der Waals surface area contributed by atoms with E-state index in [1.54, 1.807) is 6.92 Å². The van der Waals surface area contributed by atoms with Crippen LogP contribution in [-0.4, -0.2) is 16.9 Å². The summed E-state index contributed by atoms with van der Waals surface area (Å²) in [5, 5.41) is 8.74. The minimum absolute atomic E-state index is 0.114. The number of carboxylic acid groups (broad SMARTS) is 1. The molecule has 3 heteroatoms. The number of hydrogen-bond donors (Lipinski definition) is 1. The van der Waals surface area contributed by atoms with E-state index in [-0.39, 0.29) is 17.6 Å². The van der Waals surface area contributed by atoms with E-state index in [2.05, 4.69) is 0 Å². The third kappa shape index (κ3) is 4.96. The molecule has 15 heavy (non-hydrogen) atoms. The lowest BCUT2D eigenvalue weighted by atomic mass is 9.78. The Morgan fingerprint density at radius 2 is 1.60 bits per heavy atom. The van der Waals surface area contributed by atoms with Crippen molar-refractivity contribution in [1.82, 2.24) is 0 Å². The van der Waals surface area contributed by atoms with Crippen LogP contribution in [-0.2, 0) is 9.59 Å². The van der Waals surface area contributed by atoms with Gasteiger partial charge in [0.05, 0.1) is 6.42 Å². The van der Waals surface area contributed by atoms with Crippen molar-refractivity contribution in [2.45, 2.75) is 59.3 Å². The van der Waals surface area contributed by atoms with Crippen LogP contribution in [0.5, 0.6) is 0 Å². The fourth-order valence-corrected chi connectivity index (χ4v) is 2.39. The predicted octanol–water partition coefficient (Wildman–Crippen LogP) is 3.03. The zero-order chi connectivity index (χ0) is 11.9. The van der Waals surface area contributed by atoms with E-state index in [4.69, 9.17) is 5.11 Å². The highest BCUT2D eigenvalue weighted by molar-refractivity contribution is 5.77. The molecule has 0 heterocycles. The molecule has 0 bridgehead atoms. The van der Waals surface area contributed by atoms with Gasteiger partial charge in [0.25, 0.3) is 0 Å². The molecular formula is C12H22O3. The summed E-state index contributed by atoms with van der Waals surface area (Å²) < 4.78 is 0. The number of carboxylic acids is 1. The maximum atomic E-state index is 11.0. The number of aliphatic carboxylic acids is 1. The lowest BCUT2D eigenvalue weighted by molar-refractivity contribution is -0.140. The second-order valence-electron chi connectivity index (χ2n) is 4.16. The Kier molecular flexibility index (Phi) is 6.21. The molecule has 0 aliphatic heterocycles. The Bertz CT molecular complexity index is 197. The third-order valence-corrected chi connectivity index (χ3v) is 2.81. The first-order chi connectivity index (χ1) is 7.04. The van der Waals surface area contributed by atoms with Crippen LogP contribution >= 0.6 is 0 Å². The first kappa shape index (κ1) is 14.1. The second kappa shape index (κ2) is 6.59. The number of ketones is 1. The molecule has 0 atom stereocenters. The molecule has 1 aliphatic rings. The van der Waals surface area contributed by atoms with Gasteiger partial charge < -0.3 is 9.90 Å². The molecule has 3 nitrogen and oxygen atoms in total. The summed E-state index contributed by atoms with van der Waals surface area (Å²) in [6, 6.07) is 0.